The van der Waals surface area contributed by atoms with Crippen molar-refractivity contribution in [3.05, 3.63) is 88.0 Å². The van der Waals surface area contributed by atoms with Crippen LogP contribution in [-0.4, -0.2) is 33.4 Å². The van der Waals surface area contributed by atoms with E-state index in [0.29, 0.717) is 6.42 Å². The summed E-state index contributed by atoms with van der Waals surface area (Å²) < 4.78 is 37.4. The van der Waals surface area contributed by atoms with Gasteiger partial charge in [-0.05, 0) is 87.6 Å². The highest BCUT2D eigenvalue weighted by Crippen LogP contribution is 2.29. The van der Waals surface area contributed by atoms with Crippen LogP contribution >= 0.6 is 0 Å². The third kappa shape index (κ3) is 7.69. The first kappa shape index (κ1) is 28.1. The van der Waals surface area contributed by atoms with Crippen LogP contribution < -0.4 is 4.74 Å². The number of aryl methyl sites for hydroxylation is 1. The second kappa shape index (κ2) is 12.5. The van der Waals surface area contributed by atoms with Crippen molar-refractivity contribution in [1.29, 1.82) is 0 Å². The van der Waals surface area contributed by atoms with Gasteiger partial charge in [0.1, 0.15) is 12.4 Å². The molecular weight excluding hydrogens is 460 g/mol. The van der Waals surface area contributed by atoms with E-state index >= 15 is 0 Å². The van der Waals surface area contributed by atoms with Crippen molar-refractivity contribution in [2.45, 2.75) is 58.1 Å². The Balaban J connectivity index is 2.42. The number of ether oxygens (including phenoxy) is 2. The maximum Gasteiger partial charge on any atom is 0.302 e. The van der Waals surface area contributed by atoms with Crippen molar-refractivity contribution in [1.82, 2.24) is 0 Å². The summed E-state index contributed by atoms with van der Waals surface area (Å²) in [6.45, 7) is 11.3. The monoisotopic (exact) mass is 496 g/mol. The summed E-state index contributed by atoms with van der Waals surface area (Å²) >= 11 is 0. The Hall–Kier alpha value is -3.12. The summed E-state index contributed by atoms with van der Waals surface area (Å²) in [6.07, 6.45) is 7.82. The second-order valence-corrected chi connectivity index (χ2v) is 10.9. The van der Waals surface area contributed by atoms with E-state index in [-0.39, 0.29) is 17.5 Å². The minimum absolute atomic E-state index is 0.122. The molecule has 0 N–H and O–H groups in total. The number of hydrogen-bond acceptors (Lipinski definition) is 5. The summed E-state index contributed by atoms with van der Waals surface area (Å²) in [5.41, 5.74) is 6.07. The Bertz CT molecular complexity index is 1240. The highest BCUT2D eigenvalue weighted by atomic mass is 32.2. The molecule has 2 rings (SSSR count). The molecule has 1 unspecified atom stereocenters. The van der Waals surface area contributed by atoms with E-state index in [1.165, 1.54) is 6.92 Å². The number of methoxy groups -OCH3 is 1. The van der Waals surface area contributed by atoms with Crippen LogP contribution in [0.2, 0.25) is 0 Å². The molecule has 0 saturated heterocycles. The molecule has 0 saturated carbocycles. The minimum atomic E-state index is -3.62. The van der Waals surface area contributed by atoms with Crippen molar-refractivity contribution in [2.75, 3.05) is 13.7 Å². The van der Waals surface area contributed by atoms with Crippen LogP contribution in [0.25, 0.3) is 6.08 Å². The van der Waals surface area contributed by atoms with Gasteiger partial charge < -0.3 is 9.47 Å². The van der Waals surface area contributed by atoms with Gasteiger partial charge in [0.05, 0.1) is 17.3 Å². The van der Waals surface area contributed by atoms with Gasteiger partial charge in [0, 0.05) is 6.92 Å². The van der Waals surface area contributed by atoms with E-state index in [9.17, 15) is 13.2 Å². The quantitative estimate of drug-likeness (QED) is 0.219. The van der Waals surface area contributed by atoms with Gasteiger partial charge >= 0.3 is 5.97 Å². The van der Waals surface area contributed by atoms with E-state index in [0.717, 1.165) is 39.1 Å². The predicted octanol–water partition coefficient (Wildman–Crippen LogP) is 6.32. The molecule has 5 nitrogen and oxygen atoms in total. The molecule has 35 heavy (non-hydrogen) atoms. The highest BCUT2D eigenvalue weighted by molar-refractivity contribution is 7.92. The zero-order chi connectivity index (χ0) is 26.2. The number of benzene rings is 2. The SMILES string of the molecule is COc1cc(C)c(C=CC(C)=CC(CC(C)=CCOC(C)=O)S(=O)(=O)c2ccccc2)c(C)c1C. The third-order valence-corrected chi connectivity index (χ3v) is 8.03. The van der Waals surface area contributed by atoms with E-state index in [2.05, 4.69) is 6.92 Å². The molecular formula is C29H36O5S. The first-order valence-corrected chi connectivity index (χ1v) is 13.1. The van der Waals surface area contributed by atoms with Crippen LogP contribution in [0.1, 0.15) is 49.4 Å². The van der Waals surface area contributed by atoms with Crippen LogP contribution in [0.3, 0.4) is 0 Å². The lowest BCUT2D eigenvalue weighted by atomic mass is 9.96. The Morgan fingerprint density at radius 1 is 1.03 bits per heavy atom. The summed E-state index contributed by atoms with van der Waals surface area (Å²) in [6, 6.07) is 10.5. The van der Waals surface area contributed by atoms with Gasteiger partial charge in [0.25, 0.3) is 0 Å². The second-order valence-electron chi connectivity index (χ2n) is 8.76. The summed E-state index contributed by atoms with van der Waals surface area (Å²) in [5, 5.41) is -0.761. The Morgan fingerprint density at radius 2 is 1.69 bits per heavy atom. The zero-order valence-electron chi connectivity index (χ0n) is 21.7. The number of rotatable bonds is 10. The summed E-state index contributed by atoms with van der Waals surface area (Å²) in [4.78, 5) is 11.3. The molecule has 0 bridgehead atoms. The third-order valence-electron chi connectivity index (χ3n) is 6.00. The van der Waals surface area contributed by atoms with Crippen LogP contribution in [0.15, 0.2) is 70.7 Å². The number of sulfone groups is 1. The molecule has 0 spiro atoms. The number of esters is 1. The fraction of sp³-hybridized carbons (Fsp3) is 0.345. The van der Waals surface area contributed by atoms with Crippen LogP contribution in [0.5, 0.6) is 5.75 Å². The summed E-state index contributed by atoms with van der Waals surface area (Å²) in [7, 11) is -1.96. The average Bonchev–Trinajstić information content (AvgIpc) is 2.81. The maximum atomic E-state index is 13.5. The van der Waals surface area contributed by atoms with Crippen molar-refractivity contribution < 1.29 is 22.7 Å². The van der Waals surface area contributed by atoms with Gasteiger partial charge in [-0.2, -0.15) is 0 Å². The lowest BCUT2D eigenvalue weighted by Crippen LogP contribution is -2.20. The van der Waals surface area contributed by atoms with Crippen LogP contribution in [0.4, 0.5) is 0 Å². The van der Waals surface area contributed by atoms with E-state index in [1.54, 1.807) is 49.6 Å². The van der Waals surface area contributed by atoms with Crippen molar-refractivity contribution in [2.24, 2.45) is 0 Å². The van der Waals surface area contributed by atoms with Crippen LogP contribution in [-0.2, 0) is 19.4 Å². The van der Waals surface area contributed by atoms with Crippen LogP contribution in [0, 0.1) is 20.8 Å². The first-order valence-electron chi connectivity index (χ1n) is 11.6. The van der Waals surface area contributed by atoms with E-state index < -0.39 is 15.1 Å². The van der Waals surface area contributed by atoms with Crippen molar-refractivity contribution in [3.63, 3.8) is 0 Å². The number of carbonyl (C=O) groups is 1. The minimum Gasteiger partial charge on any atom is -0.496 e. The van der Waals surface area contributed by atoms with Gasteiger partial charge in [0.15, 0.2) is 9.84 Å². The molecule has 1 atom stereocenters. The molecule has 0 fully saturated rings. The topological polar surface area (TPSA) is 69.7 Å². The van der Waals surface area contributed by atoms with E-state index in [4.69, 9.17) is 9.47 Å². The standard InChI is InChI=1S/C29H36O5S/c1-20(13-14-28-22(3)19-29(33-7)24(5)23(28)4)17-27(18-21(2)15-16-34-25(6)30)35(31,32)26-11-9-8-10-12-26/h8-15,17,19,27H,16,18H2,1-7H3. The molecule has 2 aromatic carbocycles. The molecule has 0 amide bonds. The maximum absolute atomic E-state index is 13.5. The molecule has 6 heteroatoms. The van der Waals surface area contributed by atoms with Crippen molar-refractivity contribution >= 4 is 21.9 Å². The predicted molar refractivity (Wildman–Crippen MR) is 142 cm³/mol. The Morgan fingerprint density at radius 3 is 2.29 bits per heavy atom. The Labute approximate surface area is 210 Å². The largest absolute Gasteiger partial charge is 0.496 e. The zero-order valence-corrected chi connectivity index (χ0v) is 22.5. The molecule has 188 valence electrons. The number of allylic oxidation sites excluding steroid dienone is 3. The highest BCUT2D eigenvalue weighted by Gasteiger charge is 2.26. The fourth-order valence-electron chi connectivity index (χ4n) is 3.84. The van der Waals surface area contributed by atoms with E-state index in [1.807, 2.05) is 45.9 Å². The first-order chi connectivity index (χ1) is 16.5. The molecule has 0 aliphatic rings. The molecule has 2 aromatic rings. The number of carbonyl (C=O) groups excluding carboxylic acids is 1. The average molecular weight is 497 g/mol. The van der Waals surface area contributed by atoms with Gasteiger partial charge in [-0.25, -0.2) is 8.42 Å². The molecule has 0 aliphatic carbocycles. The van der Waals surface area contributed by atoms with Crippen molar-refractivity contribution in [3.8, 4) is 5.75 Å². The summed E-state index contributed by atoms with van der Waals surface area (Å²) in [5.74, 6) is 0.484. The molecule has 0 aromatic heterocycles. The van der Waals surface area contributed by atoms with Gasteiger partial charge in [-0.3, -0.25) is 4.79 Å². The normalized spacial score (nSPS) is 13.7. The number of hydrogen-bond donors (Lipinski definition) is 0. The molecule has 0 aliphatic heterocycles. The Kier molecular flexibility index (Phi) is 10.1. The molecule has 0 heterocycles. The fourth-order valence-corrected chi connectivity index (χ4v) is 5.60. The lowest BCUT2D eigenvalue weighted by Gasteiger charge is -2.16. The van der Waals surface area contributed by atoms with Gasteiger partial charge in [0.2, 0.25) is 0 Å². The smallest absolute Gasteiger partial charge is 0.302 e. The lowest BCUT2D eigenvalue weighted by molar-refractivity contribution is -0.139. The van der Waals surface area contributed by atoms with Gasteiger partial charge in [-0.1, -0.05) is 47.6 Å². The molecule has 0 radical (unpaired) electrons. The van der Waals surface area contributed by atoms with Gasteiger partial charge in [-0.15, -0.1) is 0 Å².